The molecule has 1 heterocycles. The van der Waals surface area contributed by atoms with Crippen LogP contribution in [0.3, 0.4) is 0 Å². The van der Waals surface area contributed by atoms with Gasteiger partial charge in [0.25, 0.3) is 0 Å². The summed E-state index contributed by atoms with van der Waals surface area (Å²) in [6.07, 6.45) is 2.97. The van der Waals surface area contributed by atoms with E-state index >= 15 is 0 Å². The quantitative estimate of drug-likeness (QED) is 0.906. The highest BCUT2D eigenvalue weighted by atomic mass is 35.5. The molecule has 3 nitrogen and oxygen atoms in total. The molecule has 1 saturated carbocycles. The Balaban J connectivity index is 2.05. The summed E-state index contributed by atoms with van der Waals surface area (Å²) in [6.45, 7) is 0. The van der Waals surface area contributed by atoms with Crippen LogP contribution >= 0.6 is 11.6 Å². The Kier molecular flexibility index (Phi) is 3.23. The predicted octanol–water partition coefficient (Wildman–Crippen LogP) is 2.63. The molecule has 5 heteroatoms. The topological polar surface area (TPSA) is 46.3 Å². The molecule has 0 radical (unpaired) electrons. The van der Waals surface area contributed by atoms with Crippen molar-refractivity contribution in [1.82, 2.24) is 4.90 Å². The maximum absolute atomic E-state index is 14.1. The Morgan fingerprint density at radius 3 is 2.68 bits per heavy atom. The maximum Gasteiger partial charge on any atom is 0.223 e. The number of nitrogens with zero attached hydrogens (tertiary/aromatic N) is 1. The van der Waals surface area contributed by atoms with Crippen LogP contribution in [-0.2, 0) is 4.79 Å². The maximum atomic E-state index is 14.1. The van der Waals surface area contributed by atoms with Gasteiger partial charge < -0.3 is 10.6 Å². The van der Waals surface area contributed by atoms with E-state index in [4.69, 9.17) is 17.3 Å². The number of halogens is 2. The van der Waals surface area contributed by atoms with Crippen LogP contribution in [0.5, 0.6) is 0 Å². The molecule has 3 rings (SSSR count). The highest BCUT2D eigenvalue weighted by Gasteiger charge is 2.44. The molecule has 102 valence electrons. The van der Waals surface area contributed by atoms with Gasteiger partial charge in [-0.2, -0.15) is 0 Å². The minimum Gasteiger partial charge on any atom is -0.331 e. The number of benzene rings is 1. The highest BCUT2D eigenvalue weighted by Crippen LogP contribution is 2.42. The van der Waals surface area contributed by atoms with Crippen molar-refractivity contribution in [2.45, 2.75) is 43.8 Å². The van der Waals surface area contributed by atoms with E-state index < -0.39 is 6.04 Å². The zero-order valence-corrected chi connectivity index (χ0v) is 11.2. The van der Waals surface area contributed by atoms with Crippen molar-refractivity contribution in [3.8, 4) is 0 Å². The van der Waals surface area contributed by atoms with E-state index in [-0.39, 0.29) is 23.8 Å². The number of carbonyl (C=O) groups is 1. The third-order valence-electron chi connectivity index (χ3n) is 3.92. The van der Waals surface area contributed by atoms with Crippen molar-refractivity contribution in [2.24, 2.45) is 5.73 Å². The Hall–Kier alpha value is -1.13. The molecule has 0 spiro atoms. The van der Waals surface area contributed by atoms with E-state index in [2.05, 4.69) is 0 Å². The summed E-state index contributed by atoms with van der Waals surface area (Å²) in [4.78, 5) is 13.9. The Labute approximate surface area is 116 Å². The second kappa shape index (κ2) is 4.76. The highest BCUT2D eigenvalue weighted by molar-refractivity contribution is 6.31. The predicted molar refractivity (Wildman–Crippen MR) is 71.2 cm³/mol. The molecule has 0 bridgehead atoms. The lowest BCUT2D eigenvalue weighted by atomic mass is 9.90. The van der Waals surface area contributed by atoms with Crippen molar-refractivity contribution in [3.05, 3.63) is 34.6 Å². The van der Waals surface area contributed by atoms with E-state index in [1.165, 1.54) is 6.07 Å². The number of piperidine rings is 1. The van der Waals surface area contributed by atoms with Crippen molar-refractivity contribution in [2.75, 3.05) is 0 Å². The van der Waals surface area contributed by atoms with Gasteiger partial charge in [0, 0.05) is 29.1 Å². The zero-order chi connectivity index (χ0) is 13.6. The van der Waals surface area contributed by atoms with Gasteiger partial charge in [-0.15, -0.1) is 0 Å². The fraction of sp³-hybridized carbons (Fsp3) is 0.500. The monoisotopic (exact) mass is 282 g/mol. The van der Waals surface area contributed by atoms with Crippen LogP contribution in [0, 0.1) is 5.82 Å². The van der Waals surface area contributed by atoms with Gasteiger partial charge in [0.2, 0.25) is 5.91 Å². The summed E-state index contributed by atoms with van der Waals surface area (Å²) in [5.41, 5.74) is 6.52. The van der Waals surface area contributed by atoms with Gasteiger partial charge in [-0.3, -0.25) is 4.79 Å². The number of hydrogen-bond acceptors (Lipinski definition) is 2. The standard InChI is InChI=1S/C14H16ClFN2O/c15-9-2-1-3-10(16)13(9)14-11(17)6-7-12(19)18(14)8-4-5-8/h1-3,8,11,14H,4-7,17H2. The van der Waals surface area contributed by atoms with Crippen LogP contribution in [0.1, 0.15) is 37.3 Å². The third-order valence-corrected chi connectivity index (χ3v) is 4.25. The van der Waals surface area contributed by atoms with Crippen molar-refractivity contribution in [1.29, 1.82) is 0 Å². The lowest BCUT2D eigenvalue weighted by molar-refractivity contribution is -0.138. The average molecular weight is 283 g/mol. The van der Waals surface area contributed by atoms with Crippen molar-refractivity contribution < 1.29 is 9.18 Å². The molecule has 1 saturated heterocycles. The molecule has 1 aromatic carbocycles. The Bertz CT molecular complexity index is 498. The molecule has 1 aromatic rings. The summed E-state index contributed by atoms with van der Waals surface area (Å²) < 4.78 is 14.1. The van der Waals surface area contributed by atoms with Crippen molar-refractivity contribution >= 4 is 17.5 Å². The van der Waals surface area contributed by atoms with Gasteiger partial charge in [0.15, 0.2) is 0 Å². The first-order chi connectivity index (χ1) is 9.09. The largest absolute Gasteiger partial charge is 0.331 e. The fourth-order valence-corrected chi connectivity index (χ4v) is 3.14. The van der Waals surface area contributed by atoms with Crippen LogP contribution in [0.15, 0.2) is 18.2 Å². The molecular formula is C14H16ClFN2O. The molecule has 19 heavy (non-hydrogen) atoms. The molecule has 0 aromatic heterocycles. The first-order valence-corrected chi connectivity index (χ1v) is 6.98. The van der Waals surface area contributed by atoms with E-state index in [1.807, 2.05) is 0 Å². The number of likely N-dealkylation sites (tertiary alicyclic amines) is 1. The average Bonchev–Trinajstić information content (AvgIpc) is 3.17. The van der Waals surface area contributed by atoms with Gasteiger partial charge in [0.05, 0.1) is 6.04 Å². The van der Waals surface area contributed by atoms with Gasteiger partial charge in [0.1, 0.15) is 5.82 Å². The molecule has 2 N–H and O–H groups in total. The van der Waals surface area contributed by atoms with E-state index in [0.717, 1.165) is 12.8 Å². The van der Waals surface area contributed by atoms with Crippen LogP contribution in [-0.4, -0.2) is 22.9 Å². The SMILES string of the molecule is NC1CCC(=O)N(C2CC2)C1c1c(F)cccc1Cl. The summed E-state index contributed by atoms with van der Waals surface area (Å²) in [5.74, 6) is -0.318. The summed E-state index contributed by atoms with van der Waals surface area (Å²) in [7, 11) is 0. The lowest BCUT2D eigenvalue weighted by Gasteiger charge is -2.40. The van der Waals surface area contributed by atoms with E-state index in [0.29, 0.717) is 23.4 Å². The molecule has 2 aliphatic rings. The van der Waals surface area contributed by atoms with Crippen LogP contribution in [0.4, 0.5) is 4.39 Å². The lowest BCUT2D eigenvalue weighted by Crippen LogP contribution is -2.50. The number of carbonyl (C=O) groups excluding carboxylic acids is 1. The van der Waals surface area contributed by atoms with E-state index in [9.17, 15) is 9.18 Å². The summed E-state index contributed by atoms with van der Waals surface area (Å²) in [5, 5.41) is 0.348. The summed E-state index contributed by atoms with van der Waals surface area (Å²) >= 11 is 6.13. The normalized spacial score (nSPS) is 27.7. The van der Waals surface area contributed by atoms with Gasteiger partial charge in [-0.05, 0) is 31.4 Å². The van der Waals surface area contributed by atoms with Crippen LogP contribution < -0.4 is 5.73 Å². The summed E-state index contributed by atoms with van der Waals surface area (Å²) in [6, 6.07) is 4.11. The minimum atomic E-state index is -0.428. The second-order valence-corrected chi connectivity index (χ2v) is 5.72. The fourth-order valence-electron chi connectivity index (χ4n) is 2.87. The molecular weight excluding hydrogens is 267 g/mol. The number of rotatable bonds is 2. The Morgan fingerprint density at radius 1 is 1.32 bits per heavy atom. The van der Waals surface area contributed by atoms with Gasteiger partial charge >= 0.3 is 0 Å². The molecule has 2 fully saturated rings. The van der Waals surface area contributed by atoms with Gasteiger partial charge in [-0.1, -0.05) is 17.7 Å². The number of amides is 1. The third kappa shape index (κ3) is 2.23. The van der Waals surface area contributed by atoms with Gasteiger partial charge in [-0.25, -0.2) is 4.39 Å². The molecule has 2 atom stereocenters. The first kappa shape index (κ1) is 12.9. The Morgan fingerprint density at radius 2 is 2.05 bits per heavy atom. The number of hydrogen-bond donors (Lipinski definition) is 1. The van der Waals surface area contributed by atoms with Crippen molar-refractivity contribution in [3.63, 3.8) is 0 Å². The number of nitrogens with two attached hydrogens (primary N) is 1. The smallest absolute Gasteiger partial charge is 0.223 e. The second-order valence-electron chi connectivity index (χ2n) is 5.31. The first-order valence-electron chi connectivity index (χ1n) is 6.60. The van der Waals surface area contributed by atoms with Crippen LogP contribution in [0.25, 0.3) is 0 Å². The molecule has 1 aliphatic carbocycles. The minimum absolute atomic E-state index is 0.0634. The molecule has 2 unspecified atom stereocenters. The van der Waals surface area contributed by atoms with Crippen LogP contribution in [0.2, 0.25) is 5.02 Å². The zero-order valence-electron chi connectivity index (χ0n) is 10.5. The van der Waals surface area contributed by atoms with E-state index in [1.54, 1.807) is 17.0 Å². The molecule has 1 aliphatic heterocycles. The molecule has 1 amide bonds.